The topological polar surface area (TPSA) is 55.7 Å². The molecule has 0 aromatic heterocycles. The summed E-state index contributed by atoms with van der Waals surface area (Å²) in [5.74, 6) is 0.295. The van der Waals surface area contributed by atoms with Crippen LogP contribution in [0.1, 0.15) is 12.5 Å². The third-order valence-electron chi connectivity index (χ3n) is 2.84. The summed E-state index contributed by atoms with van der Waals surface area (Å²) in [6, 6.07) is 9.61. The Morgan fingerprint density at radius 3 is 2.76 bits per heavy atom. The van der Waals surface area contributed by atoms with Gasteiger partial charge in [-0.3, -0.25) is 9.69 Å². The zero-order valence-corrected chi connectivity index (χ0v) is 9.98. The molecule has 4 nitrogen and oxygen atoms in total. The van der Waals surface area contributed by atoms with Gasteiger partial charge in [0.2, 0.25) is 0 Å². The summed E-state index contributed by atoms with van der Waals surface area (Å²) in [6.07, 6.45) is 0. The second kappa shape index (κ2) is 3.72. The van der Waals surface area contributed by atoms with Gasteiger partial charge in [0.05, 0.1) is 0 Å². The van der Waals surface area contributed by atoms with Gasteiger partial charge in [0.25, 0.3) is 5.37 Å². The molecule has 2 heterocycles. The van der Waals surface area contributed by atoms with Crippen molar-refractivity contribution in [2.24, 2.45) is 4.99 Å². The maximum Gasteiger partial charge on any atom is 0.323 e. The number of aliphatic imine (C=N–C) groups is 1. The van der Waals surface area contributed by atoms with Gasteiger partial charge < -0.3 is 4.55 Å². The van der Waals surface area contributed by atoms with Crippen LogP contribution in [0, 0.1) is 0 Å². The summed E-state index contributed by atoms with van der Waals surface area (Å²) < 4.78 is 11.9. The number of rotatable bonds is 1. The maximum atomic E-state index is 11.9. The van der Waals surface area contributed by atoms with E-state index in [1.54, 1.807) is 17.2 Å². The summed E-state index contributed by atoms with van der Waals surface area (Å²) in [4.78, 5) is 17.2. The Bertz CT molecular complexity index is 539. The zero-order valence-electron chi connectivity index (χ0n) is 9.16. The predicted octanol–water partition coefficient (Wildman–Crippen LogP) is 1.33. The van der Waals surface area contributed by atoms with Crippen LogP contribution in [0.3, 0.4) is 0 Å². The van der Waals surface area contributed by atoms with E-state index in [9.17, 15) is 9.35 Å². The van der Waals surface area contributed by atoms with Gasteiger partial charge in [-0.2, -0.15) is 4.99 Å². The smallest absolute Gasteiger partial charge is 0.323 e. The van der Waals surface area contributed by atoms with Gasteiger partial charge in [0, 0.05) is 16.7 Å². The molecule has 0 saturated heterocycles. The maximum absolute atomic E-state index is 11.9. The first kappa shape index (κ1) is 10.6. The summed E-state index contributed by atoms with van der Waals surface area (Å²) in [6.45, 7) is 1.76. The van der Waals surface area contributed by atoms with Crippen molar-refractivity contribution in [3.63, 3.8) is 0 Å². The molecule has 0 bridgehead atoms. The molecule has 0 saturated carbocycles. The van der Waals surface area contributed by atoms with Crippen LogP contribution < -0.4 is 0 Å². The van der Waals surface area contributed by atoms with E-state index in [0.717, 1.165) is 11.3 Å². The summed E-state index contributed by atoms with van der Waals surface area (Å²) in [7, 11) is 0. The Morgan fingerprint density at radius 2 is 2.06 bits per heavy atom. The van der Waals surface area contributed by atoms with E-state index < -0.39 is 16.5 Å². The first-order chi connectivity index (χ1) is 8.18. The van der Waals surface area contributed by atoms with E-state index in [1.807, 2.05) is 30.3 Å². The number of hydrogen-bond donors (Lipinski definition) is 0. The SMILES string of the molecule is CC1=NC(=O)C2N1C(c1ccccc1)=C[S+]2[O-]. The molecule has 2 unspecified atom stereocenters. The molecule has 0 radical (unpaired) electrons. The van der Waals surface area contributed by atoms with Gasteiger partial charge in [-0.1, -0.05) is 30.3 Å². The lowest BCUT2D eigenvalue weighted by Gasteiger charge is -2.18. The third-order valence-corrected chi connectivity index (χ3v) is 4.15. The molecule has 86 valence electrons. The number of nitrogens with zero attached hydrogens (tertiary/aromatic N) is 2. The Morgan fingerprint density at radius 1 is 1.35 bits per heavy atom. The van der Waals surface area contributed by atoms with E-state index >= 15 is 0 Å². The number of benzene rings is 1. The monoisotopic (exact) mass is 246 g/mol. The minimum atomic E-state index is -1.31. The summed E-state index contributed by atoms with van der Waals surface area (Å²) in [5.41, 5.74) is 1.76. The normalized spacial score (nSPS) is 26.9. The van der Waals surface area contributed by atoms with Crippen LogP contribution in [0.4, 0.5) is 0 Å². The molecule has 0 spiro atoms. The van der Waals surface area contributed by atoms with Gasteiger partial charge in [0.15, 0.2) is 0 Å². The molecular formula is C12H10N2O2S. The molecule has 0 N–H and O–H groups in total. The van der Waals surface area contributed by atoms with E-state index in [0.29, 0.717) is 5.84 Å². The van der Waals surface area contributed by atoms with Crippen molar-refractivity contribution in [3.05, 3.63) is 41.3 Å². The van der Waals surface area contributed by atoms with Crippen molar-refractivity contribution in [2.45, 2.75) is 12.3 Å². The van der Waals surface area contributed by atoms with Crippen LogP contribution in [-0.2, 0) is 16.0 Å². The number of amides is 1. The fourth-order valence-corrected chi connectivity index (χ4v) is 3.42. The zero-order chi connectivity index (χ0) is 12.0. The number of hydrogen-bond acceptors (Lipinski definition) is 3. The number of carbonyl (C=O) groups is 1. The fourth-order valence-electron chi connectivity index (χ4n) is 2.10. The third kappa shape index (κ3) is 1.50. The van der Waals surface area contributed by atoms with Gasteiger partial charge >= 0.3 is 5.91 Å². The van der Waals surface area contributed by atoms with Crippen molar-refractivity contribution in [1.29, 1.82) is 0 Å². The Hall–Kier alpha value is -1.59. The predicted molar refractivity (Wildman–Crippen MR) is 66.3 cm³/mol. The summed E-state index contributed by atoms with van der Waals surface area (Å²) >= 11 is -1.31. The average molecular weight is 246 g/mol. The van der Waals surface area contributed by atoms with Crippen molar-refractivity contribution in [3.8, 4) is 0 Å². The lowest BCUT2D eigenvalue weighted by atomic mass is 10.1. The number of fused-ring (bicyclic) bond motifs is 1. The highest BCUT2D eigenvalue weighted by Crippen LogP contribution is 2.36. The molecule has 1 amide bonds. The Balaban J connectivity index is 2.06. The highest BCUT2D eigenvalue weighted by molar-refractivity contribution is 7.96. The van der Waals surface area contributed by atoms with Crippen LogP contribution in [-0.4, -0.2) is 26.6 Å². The van der Waals surface area contributed by atoms with Crippen LogP contribution in [0.5, 0.6) is 0 Å². The van der Waals surface area contributed by atoms with Crippen molar-refractivity contribution in [1.82, 2.24) is 4.90 Å². The van der Waals surface area contributed by atoms with E-state index in [4.69, 9.17) is 0 Å². The molecular weight excluding hydrogens is 236 g/mol. The first-order valence-electron chi connectivity index (χ1n) is 5.23. The second-order valence-electron chi connectivity index (χ2n) is 3.92. The van der Waals surface area contributed by atoms with Crippen LogP contribution in [0.2, 0.25) is 0 Å². The molecule has 1 aromatic carbocycles. The largest absolute Gasteiger partial charge is 0.610 e. The number of amidine groups is 1. The molecule has 1 aromatic rings. The molecule has 2 aliphatic heterocycles. The van der Waals surface area contributed by atoms with Crippen LogP contribution in [0.25, 0.3) is 5.70 Å². The van der Waals surface area contributed by atoms with Gasteiger partial charge in [-0.05, 0) is 6.92 Å². The average Bonchev–Trinajstić information content (AvgIpc) is 2.81. The Labute approximate surface area is 102 Å². The summed E-state index contributed by atoms with van der Waals surface area (Å²) in [5, 5.41) is 0.987. The number of carbonyl (C=O) groups excluding carboxylic acids is 1. The van der Waals surface area contributed by atoms with Crippen LogP contribution >= 0.6 is 0 Å². The molecule has 3 rings (SSSR count). The highest BCUT2D eigenvalue weighted by atomic mass is 32.2. The quantitative estimate of drug-likeness (QED) is 0.702. The van der Waals surface area contributed by atoms with E-state index in [-0.39, 0.29) is 5.91 Å². The lowest BCUT2D eigenvalue weighted by Crippen LogP contribution is -2.35. The van der Waals surface area contributed by atoms with Crippen LogP contribution in [0.15, 0.2) is 40.7 Å². The molecule has 2 aliphatic rings. The molecule has 5 heteroatoms. The molecule has 0 fully saturated rings. The van der Waals surface area contributed by atoms with Gasteiger partial charge in [-0.25, -0.2) is 0 Å². The Kier molecular flexibility index (Phi) is 2.31. The highest BCUT2D eigenvalue weighted by Gasteiger charge is 2.49. The molecule has 17 heavy (non-hydrogen) atoms. The van der Waals surface area contributed by atoms with Gasteiger partial charge in [-0.15, -0.1) is 0 Å². The standard InChI is InChI=1S/C12H10N2O2S/c1-8-13-11(15)12-14(8)10(7-17(12)16)9-5-3-2-4-6-9/h2-7,12H,1H3. The second-order valence-corrected chi connectivity index (χ2v) is 5.26. The first-order valence-corrected chi connectivity index (χ1v) is 6.51. The van der Waals surface area contributed by atoms with Crippen molar-refractivity contribution < 1.29 is 9.35 Å². The molecule has 0 aliphatic carbocycles. The van der Waals surface area contributed by atoms with E-state index in [2.05, 4.69) is 4.99 Å². The van der Waals surface area contributed by atoms with Crippen molar-refractivity contribution in [2.75, 3.05) is 0 Å². The van der Waals surface area contributed by atoms with E-state index in [1.165, 1.54) is 0 Å². The van der Waals surface area contributed by atoms with Crippen molar-refractivity contribution >= 4 is 28.6 Å². The molecule has 2 atom stereocenters. The lowest BCUT2D eigenvalue weighted by molar-refractivity contribution is -0.117. The minimum Gasteiger partial charge on any atom is -0.610 e. The van der Waals surface area contributed by atoms with Gasteiger partial charge in [0.1, 0.15) is 16.9 Å². The fraction of sp³-hybridized carbons (Fsp3) is 0.167. The minimum absolute atomic E-state index is 0.317.